The average Bonchev–Trinajstić information content (AvgIpc) is 1.58. The Kier molecular flexibility index (Phi) is 40.1. The minimum atomic E-state index is -1.72. The van der Waals surface area contributed by atoms with E-state index < -0.39 is 37.0 Å². The lowest BCUT2D eigenvalue weighted by Gasteiger charge is -2.28. The topological polar surface area (TPSA) is 370 Å². The summed E-state index contributed by atoms with van der Waals surface area (Å²) in [4.78, 5) is 90.1. The number of para-hydroxylation sites is 3. The Balaban J connectivity index is 0.000000163. The summed E-state index contributed by atoms with van der Waals surface area (Å²) in [6.07, 6.45) is 30.3. The van der Waals surface area contributed by atoms with Crippen LogP contribution in [0.1, 0.15) is 227 Å². The smallest absolute Gasteiger partial charge is 0.305 e. The van der Waals surface area contributed by atoms with Crippen LogP contribution in [0.2, 0.25) is 0 Å². The number of likely N-dealkylation sites (N-methyl/N-ethyl adjacent to an activating group) is 1. The Morgan fingerprint density at radius 1 is 0.446 bits per heavy atom. The third-order valence-corrected chi connectivity index (χ3v) is 30.0. The maximum Gasteiger partial charge on any atom is 0.305 e. The standard InChI is InChI=1S/C37H49N3O7S.C30H35N3O3S.C29H33N3O3S.C13H17NO3S/c1-24-10-13-33(48-20-6-5-9-34(44)40(2)22-30(42)35(45)36(46)31(43)23-41)39-29(24)14-16-37(17-18-37)28-21-38-19-15-26(28)27-7-3-4-8-32(27)47-25-11-12-25;1-21-10-13-28(37-18-6-5-9-29(34)35-2)33-26(21)20-32-30(15-16-30)25-19-31-17-14-23(25)24-7-3-4-8-27(24)36-22-11-12-22;1-20-9-12-27(36-17-5-4-8-28(33)34)32-25(20)19-31-29(14-15-29)24-18-30-16-13-22(24)23-6-2-3-7-26(23)35-21-10-11-21;1-10-6-7-12(14-11(10)9-15)18-8-4-3-5-13(16)17-2/h3-4,7-8,10,13,15,19,21,25,30-31,35-36,41-43,45-46H,5-6,9,11-12,14,16-18,20,22-23H2,1-2H3;3-4,7-8,10,13-14,17,19,22,32H,5-6,9,11-12,15-16,18,20H2,1-2H3;2-3,6-7,9,12-13,16,18,21,31H,4-5,8,10-11,14-15,17,19H2,1H3,(H,33,34);6-7,9H,3-5,8H2,1-2H3/t30-,31+,35+,36+;;;/m0.../s1. The van der Waals surface area contributed by atoms with Gasteiger partial charge < -0.3 is 69.9 Å². The van der Waals surface area contributed by atoms with Gasteiger partial charge >= 0.3 is 17.9 Å². The van der Waals surface area contributed by atoms with E-state index in [1.165, 1.54) is 76.2 Å². The molecule has 26 nitrogen and oxygen atoms in total. The number of carbonyl (C=O) groups is 5. The number of esters is 2. The molecule has 7 aromatic heterocycles. The summed E-state index contributed by atoms with van der Waals surface area (Å²) < 4.78 is 28.0. The Bertz CT molecular complexity index is 5720. The summed E-state index contributed by atoms with van der Waals surface area (Å²) in [6, 6.07) is 47.8. The number of carboxylic acid groups (broad SMARTS) is 1. The van der Waals surface area contributed by atoms with Gasteiger partial charge in [0.1, 0.15) is 47.4 Å². The van der Waals surface area contributed by atoms with Crippen LogP contribution in [0.25, 0.3) is 33.4 Å². The molecule has 0 unspecified atom stereocenters. The molecule has 740 valence electrons. The molecule has 30 heteroatoms. The molecule has 0 aliphatic heterocycles. The Hall–Kier alpha value is -10.2. The summed E-state index contributed by atoms with van der Waals surface area (Å²) in [5.74, 6) is 5.13. The maximum absolute atomic E-state index is 12.6. The van der Waals surface area contributed by atoms with Crippen molar-refractivity contribution < 1.29 is 78.3 Å². The van der Waals surface area contributed by atoms with Crippen LogP contribution in [0.15, 0.2) is 197 Å². The molecule has 4 atom stereocenters. The van der Waals surface area contributed by atoms with E-state index in [2.05, 4.69) is 165 Å². The number of aliphatic hydroxyl groups excluding tert-OH is 5. The number of aldehydes is 1. The van der Waals surface area contributed by atoms with Crippen molar-refractivity contribution in [2.45, 2.75) is 287 Å². The number of carbonyl (C=O) groups excluding carboxylic acids is 4. The number of unbranched alkanes of at least 4 members (excludes halogenated alkanes) is 4. The Labute approximate surface area is 833 Å². The molecule has 1 amide bonds. The van der Waals surface area contributed by atoms with Crippen molar-refractivity contribution in [3.8, 4) is 50.6 Å². The fraction of sp³-hybridized carbons (Fsp3) is 0.468. The number of aliphatic carboxylic acids is 1. The number of benzene rings is 3. The minimum Gasteiger partial charge on any atom is -0.490 e. The SMILES string of the molecule is COC(=O)CCCCSc1ccc(C)c(C=O)n1.COC(=O)CCCCSc1ccc(C)c(CNC2(c3cnccc3-c3ccccc3OC3CC3)CC2)n1.Cc1ccc(SCCCCC(=O)N(C)C[C@H](O)[C@@H](O)[C@H](O)[C@H](O)CO)nc1CCC1(c2cnccc2-c2ccccc2OC2CC2)CC1.Cc1ccc(SCCCCC(=O)O)nc1CNC1(c2cnccc2-c2ccccc2OC2CC2)CC1. The number of ether oxygens (including phenoxy) is 5. The lowest BCUT2D eigenvalue weighted by atomic mass is 9.85. The molecule has 16 rings (SSSR count). The second-order valence-electron chi connectivity index (χ2n) is 36.9. The zero-order valence-electron chi connectivity index (χ0n) is 80.9. The van der Waals surface area contributed by atoms with Gasteiger partial charge in [0.15, 0.2) is 6.29 Å². The molecule has 0 radical (unpaired) electrons. The number of aromatic nitrogens is 7. The summed E-state index contributed by atoms with van der Waals surface area (Å²) in [7, 11) is 4.35. The maximum atomic E-state index is 12.6. The first-order valence-corrected chi connectivity index (χ1v) is 52.7. The van der Waals surface area contributed by atoms with E-state index >= 15 is 0 Å². The number of carboxylic acids is 1. The number of pyridine rings is 7. The van der Waals surface area contributed by atoms with Gasteiger partial charge in [-0.05, 0) is 314 Å². The first-order chi connectivity index (χ1) is 67.4. The molecule has 0 bridgehead atoms. The lowest BCUT2D eigenvalue weighted by molar-refractivity contribution is -0.141. The van der Waals surface area contributed by atoms with Gasteiger partial charge in [0, 0.05) is 123 Å². The van der Waals surface area contributed by atoms with Crippen molar-refractivity contribution in [2.24, 2.45) is 0 Å². The molecular formula is C109H134N10O16S4. The number of aliphatic hydroxyl groups is 5. The monoisotopic (exact) mass is 1970 g/mol. The predicted octanol–water partition coefficient (Wildman–Crippen LogP) is 18.8. The van der Waals surface area contributed by atoms with Crippen LogP contribution in [0.4, 0.5) is 0 Å². The molecule has 8 N–H and O–H groups in total. The molecule has 0 saturated heterocycles. The highest BCUT2D eigenvalue weighted by molar-refractivity contribution is 7.99. The zero-order valence-corrected chi connectivity index (χ0v) is 84.1. The Morgan fingerprint density at radius 3 is 1.20 bits per heavy atom. The van der Waals surface area contributed by atoms with Crippen LogP contribution >= 0.6 is 47.0 Å². The van der Waals surface area contributed by atoms with Gasteiger partial charge in [-0.3, -0.25) is 38.9 Å². The summed E-state index contributed by atoms with van der Waals surface area (Å²) >= 11 is 6.71. The van der Waals surface area contributed by atoms with Crippen LogP contribution in [0.3, 0.4) is 0 Å². The van der Waals surface area contributed by atoms with Gasteiger partial charge in [0.05, 0.1) is 70.6 Å². The summed E-state index contributed by atoms with van der Waals surface area (Å²) in [6.45, 7) is 8.64. The normalized spacial score (nSPS) is 15.8. The van der Waals surface area contributed by atoms with E-state index in [0.29, 0.717) is 62.8 Å². The van der Waals surface area contributed by atoms with Gasteiger partial charge in [-0.1, -0.05) is 78.9 Å². The number of rotatable bonds is 52. The number of hydrogen-bond donors (Lipinski definition) is 8. The average molecular weight is 1970 g/mol. The molecule has 10 aromatic rings. The Morgan fingerprint density at radius 2 is 0.813 bits per heavy atom. The molecular weight excluding hydrogens is 1830 g/mol. The highest BCUT2D eigenvalue weighted by atomic mass is 32.2. The zero-order chi connectivity index (χ0) is 98.3. The fourth-order valence-electron chi connectivity index (χ4n) is 16.4. The van der Waals surface area contributed by atoms with Crippen molar-refractivity contribution in [1.29, 1.82) is 0 Å². The van der Waals surface area contributed by atoms with Crippen LogP contribution in [0, 0.1) is 27.7 Å². The number of nitrogens with zero attached hydrogens (tertiary/aromatic N) is 8. The van der Waals surface area contributed by atoms with Gasteiger partial charge in [-0.15, -0.1) is 47.0 Å². The molecule has 6 aliphatic rings. The summed E-state index contributed by atoms with van der Waals surface area (Å²) in [5.41, 5.74) is 18.8. The van der Waals surface area contributed by atoms with Crippen LogP contribution in [-0.2, 0) is 64.7 Å². The number of nitrogens with one attached hydrogen (secondary N) is 2. The number of amides is 1. The molecule has 7 heterocycles. The van der Waals surface area contributed by atoms with Crippen molar-refractivity contribution in [3.05, 3.63) is 238 Å². The molecule has 139 heavy (non-hydrogen) atoms. The van der Waals surface area contributed by atoms with E-state index in [1.807, 2.05) is 74.4 Å². The van der Waals surface area contributed by atoms with Crippen LogP contribution in [-0.4, -0.2) is 201 Å². The third kappa shape index (κ3) is 31.9. The lowest BCUT2D eigenvalue weighted by Crippen LogP contribution is -2.49. The first-order valence-electron chi connectivity index (χ1n) is 48.8. The van der Waals surface area contributed by atoms with Crippen LogP contribution in [0.5, 0.6) is 17.2 Å². The predicted molar refractivity (Wildman–Crippen MR) is 545 cm³/mol. The number of aryl methyl sites for hydroxylation is 5. The third-order valence-electron chi connectivity index (χ3n) is 26.0. The van der Waals surface area contributed by atoms with E-state index in [1.54, 1.807) is 47.0 Å². The van der Waals surface area contributed by atoms with Gasteiger partial charge in [0.25, 0.3) is 0 Å². The highest BCUT2D eigenvalue weighted by Crippen LogP contribution is 2.56. The van der Waals surface area contributed by atoms with Crippen molar-refractivity contribution in [1.82, 2.24) is 50.4 Å². The number of hydrogen-bond acceptors (Lipinski definition) is 28. The van der Waals surface area contributed by atoms with Crippen molar-refractivity contribution in [3.63, 3.8) is 0 Å². The second kappa shape index (κ2) is 52.5. The highest BCUT2D eigenvalue weighted by Gasteiger charge is 2.49. The minimum absolute atomic E-state index is 0.0852. The van der Waals surface area contributed by atoms with Crippen molar-refractivity contribution >= 4 is 77.1 Å². The fourth-order valence-corrected chi connectivity index (χ4v) is 20.0. The van der Waals surface area contributed by atoms with E-state index in [4.69, 9.17) is 44.1 Å². The first kappa shape index (κ1) is 106. The van der Waals surface area contributed by atoms with E-state index in [-0.39, 0.29) is 53.7 Å². The van der Waals surface area contributed by atoms with E-state index in [0.717, 1.165) is 234 Å². The van der Waals surface area contributed by atoms with Gasteiger partial charge in [0.2, 0.25) is 5.91 Å². The van der Waals surface area contributed by atoms with Crippen molar-refractivity contribution in [2.75, 3.05) is 57.4 Å². The second-order valence-corrected chi connectivity index (χ2v) is 41.4. The number of thioether (sulfide) groups is 4. The number of methoxy groups -OCH3 is 2. The quantitative estimate of drug-likeness (QED) is 0.00759. The molecule has 6 fully saturated rings. The summed E-state index contributed by atoms with van der Waals surface area (Å²) in [5, 5.41) is 68.7. The van der Waals surface area contributed by atoms with Gasteiger partial charge in [-0.25, -0.2) is 19.9 Å². The van der Waals surface area contributed by atoms with Crippen LogP contribution < -0.4 is 24.8 Å². The molecule has 6 saturated carbocycles. The van der Waals surface area contributed by atoms with Gasteiger partial charge in [-0.2, -0.15) is 0 Å². The largest absolute Gasteiger partial charge is 0.490 e. The van der Waals surface area contributed by atoms with E-state index in [9.17, 15) is 44.4 Å². The molecule has 3 aromatic carbocycles. The molecule has 6 aliphatic carbocycles. The molecule has 0 spiro atoms.